The predicted octanol–water partition coefficient (Wildman–Crippen LogP) is 4.12. The molecule has 0 saturated heterocycles. The number of benzene rings is 1. The first-order chi connectivity index (χ1) is 8.79. The van der Waals surface area contributed by atoms with Gasteiger partial charge in [-0.05, 0) is 31.0 Å². The van der Waals surface area contributed by atoms with Gasteiger partial charge in [0.05, 0.1) is 0 Å². The molecule has 0 aromatic heterocycles. The van der Waals surface area contributed by atoms with Crippen LogP contribution in [-0.2, 0) is 0 Å². The summed E-state index contributed by atoms with van der Waals surface area (Å²) in [4.78, 5) is 0.195. The van der Waals surface area contributed by atoms with Crippen LogP contribution in [0, 0.1) is 0 Å². The Morgan fingerprint density at radius 3 is 2.58 bits per heavy atom. The lowest BCUT2D eigenvalue weighted by atomic mass is 10.1. The van der Waals surface area contributed by atoms with Crippen LogP contribution in [0.1, 0.15) is 24.8 Å². The second-order valence-corrected chi connectivity index (χ2v) is 4.93. The molecule has 19 heavy (non-hydrogen) atoms. The van der Waals surface area contributed by atoms with Crippen LogP contribution in [0.2, 0.25) is 5.02 Å². The first-order valence-electron chi connectivity index (χ1n) is 5.69. The molecule has 0 saturated carbocycles. The van der Waals surface area contributed by atoms with Crippen molar-refractivity contribution in [2.75, 3.05) is 11.9 Å². The fourth-order valence-electron chi connectivity index (χ4n) is 1.55. The Kier molecular flexibility index (Phi) is 5.87. The van der Waals surface area contributed by atoms with Gasteiger partial charge in [-0.25, -0.2) is 0 Å². The Bertz CT molecular complexity index is 449. The topological polar surface area (TPSA) is 38.0 Å². The van der Waals surface area contributed by atoms with Gasteiger partial charge in [0.25, 0.3) is 0 Å². The van der Waals surface area contributed by atoms with E-state index < -0.39 is 12.6 Å². The zero-order valence-electron chi connectivity index (χ0n) is 10.1. The van der Waals surface area contributed by atoms with E-state index in [1.165, 1.54) is 0 Å². The van der Waals surface area contributed by atoms with E-state index in [9.17, 15) is 13.2 Å². The molecular formula is C12H14ClF3N2S. The molecule has 0 aliphatic rings. The van der Waals surface area contributed by atoms with Crippen molar-refractivity contribution in [3.8, 4) is 0 Å². The van der Waals surface area contributed by atoms with Crippen LogP contribution in [0.5, 0.6) is 0 Å². The molecule has 0 radical (unpaired) electrons. The number of nitrogens with two attached hydrogens (primary N) is 1. The molecule has 1 aromatic carbocycles. The highest BCUT2D eigenvalue weighted by molar-refractivity contribution is 7.80. The number of unbranched alkanes of at least 4 members (excludes halogenated alkanes) is 1. The molecule has 1 aromatic rings. The lowest BCUT2D eigenvalue weighted by Crippen LogP contribution is -2.14. The van der Waals surface area contributed by atoms with E-state index in [4.69, 9.17) is 29.6 Å². The van der Waals surface area contributed by atoms with Gasteiger partial charge in [0.15, 0.2) is 0 Å². The first-order valence-corrected chi connectivity index (χ1v) is 6.48. The van der Waals surface area contributed by atoms with E-state index in [-0.39, 0.29) is 11.4 Å². The number of thiocarbonyl (C=S) groups is 1. The van der Waals surface area contributed by atoms with E-state index in [0.717, 1.165) is 0 Å². The number of hydrogen-bond donors (Lipinski definition) is 2. The Labute approximate surface area is 120 Å². The van der Waals surface area contributed by atoms with Crippen LogP contribution in [0.15, 0.2) is 18.2 Å². The molecule has 0 atom stereocenters. The van der Waals surface area contributed by atoms with Gasteiger partial charge in [0, 0.05) is 29.2 Å². The normalized spacial score (nSPS) is 11.4. The highest BCUT2D eigenvalue weighted by Crippen LogP contribution is 2.23. The molecule has 0 unspecified atom stereocenters. The van der Waals surface area contributed by atoms with Crippen molar-refractivity contribution < 1.29 is 13.2 Å². The number of halogens is 4. The van der Waals surface area contributed by atoms with Crippen molar-refractivity contribution in [2.45, 2.75) is 25.4 Å². The van der Waals surface area contributed by atoms with Crippen molar-refractivity contribution in [3.63, 3.8) is 0 Å². The van der Waals surface area contributed by atoms with E-state index >= 15 is 0 Å². The summed E-state index contributed by atoms with van der Waals surface area (Å²) in [5, 5.41) is 3.52. The molecule has 7 heteroatoms. The van der Waals surface area contributed by atoms with Gasteiger partial charge in [-0.2, -0.15) is 13.2 Å². The van der Waals surface area contributed by atoms with E-state index in [1.807, 2.05) is 0 Å². The fourth-order valence-corrected chi connectivity index (χ4v) is 1.89. The van der Waals surface area contributed by atoms with Gasteiger partial charge in [-0.15, -0.1) is 0 Å². The second kappa shape index (κ2) is 6.96. The van der Waals surface area contributed by atoms with Crippen molar-refractivity contribution >= 4 is 34.5 Å². The summed E-state index contributed by atoms with van der Waals surface area (Å²) in [6.45, 7) is 0.424. The standard InChI is InChI=1S/C12H14ClF3N2S/c13-8-3-4-10(9(7-8)11(17)19)18-6-2-1-5-12(14,15)16/h3-4,7,18H,1-2,5-6H2,(H2,17,19). The third kappa shape index (κ3) is 6.11. The fraction of sp³-hybridized carbons (Fsp3) is 0.417. The highest BCUT2D eigenvalue weighted by atomic mass is 35.5. The van der Waals surface area contributed by atoms with E-state index in [2.05, 4.69) is 5.32 Å². The van der Waals surface area contributed by atoms with E-state index in [1.54, 1.807) is 18.2 Å². The Morgan fingerprint density at radius 2 is 2.00 bits per heavy atom. The van der Waals surface area contributed by atoms with Crippen molar-refractivity contribution in [1.82, 2.24) is 0 Å². The lowest BCUT2D eigenvalue weighted by molar-refractivity contribution is -0.135. The third-order valence-electron chi connectivity index (χ3n) is 2.45. The molecule has 0 amide bonds. The summed E-state index contributed by atoms with van der Waals surface area (Å²) in [7, 11) is 0. The number of nitrogens with one attached hydrogen (secondary N) is 1. The van der Waals surface area contributed by atoms with Crippen LogP contribution >= 0.6 is 23.8 Å². The van der Waals surface area contributed by atoms with Crippen LogP contribution in [0.3, 0.4) is 0 Å². The van der Waals surface area contributed by atoms with Gasteiger partial charge in [0.2, 0.25) is 0 Å². The molecule has 2 nitrogen and oxygen atoms in total. The zero-order chi connectivity index (χ0) is 14.5. The van der Waals surface area contributed by atoms with Crippen LogP contribution < -0.4 is 11.1 Å². The quantitative estimate of drug-likeness (QED) is 0.613. The van der Waals surface area contributed by atoms with Crippen LogP contribution in [-0.4, -0.2) is 17.7 Å². The largest absolute Gasteiger partial charge is 0.389 e. The average molecular weight is 311 g/mol. The maximum Gasteiger partial charge on any atom is 0.389 e. The maximum atomic E-state index is 12.0. The monoisotopic (exact) mass is 310 g/mol. The summed E-state index contributed by atoms with van der Waals surface area (Å²) in [5.41, 5.74) is 6.83. The molecule has 0 aliphatic heterocycles. The molecular weight excluding hydrogens is 297 g/mol. The van der Waals surface area contributed by atoms with Gasteiger partial charge in [-0.3, -0.25) is 0 Å². The summed E-state index contributed by atoms with van der Waals surface area (Å²) >= 11 is 10.7. The Balaban J connectivity index is 2.47. The number of alkyl halides is 3. The molecule has 0 aliphatic carbocycles. The molecule has 1 rings (SSSR count). The molecule has 0 fully saturated rings. The van der Waals surface area contributed by atoms with E-state index in [0.29, 0.717) is 29.2 Å². The smallest absolute Gasteiger partial charge is 0.389 e. The van der Waals surface area contributed by atoms with Crippen LogP contribution in [0.25, 0.3) is 0 Å². The summed E-state index contributed by atoms with van der Waals surface area (Å²) in [6.07, 6.45) is -4.35. The second-order valence-electron chi connectivity index (χ2n) is 4.05. The summed E-state index contributed by atoms with van der Waals surface area (Å²) < 4.78 is 35.9. The Hall–Kier alpha value is -1.01. The van der Waals surface area contributed by atoms with Crippen molar-refractivity contribution in [3.05, 3.63) is 28.8 Å². The Morgan fingerprint density at radius 1 is 1.32 bits per heavy atom. The highest BCUT2D eigenvalue weighted by Gasteiger charge is 2.25. The predicted molar refractivity (Wildman–Crippen MR) is 75.7 cm³/mol. The first kappa shape index (κ1) is 16.0. The van der Waals surface area contributed by atoms with Gasteiger partial charge < -0.3 is 11.1 Å². The lowest BCUT2D eigenvalue weighted by Gasteiger charge is -2.12. The minimum atomic E-state index is -4.09. The van der Waals surface area contributed by atoms with Gasteiger partial charge in [0.1, 0.15) is 4.99 Å². The minimum absolute atomic E-state index is 0.0898. The van der Waals surface area contributed by atoms with Gasteiger partial charge >= 0.3 is 6.18 Å². The summed E-state index contributed by atoms with van der Waals surface area (Å²) in [6, 6.07) is 5.00. The van der Waals surface area contributed by atoms with Crippen molar-refractivity contribution in [2.24, 2.45) is 5.73 Å². The van der Waals surface area contributed by atoms with Crippen LogP contribution in [0.4, 0.5) is 18.9 Å². The maximum absolute atomic E-state index is 12.0. The molecule has 0 bridgehead atoms. The SMILES string of the molecule is NC(=S)c1cc(Cl)ccc1NCCCCC(F)(F)F. The number of hydrogen-bond acceptors (Lipinski definition) is 2. The number of anilines is 1. The molecule has 3 N–H and O–H groups in total. The molecule has 106 valence electrons. The minimum Gasteiger partial charge on any atom is -0.389 e. The third-order valence-corrected chi connectivity index (χ3v) is 2.90. The molecule has 0 spiro atoms. The molecule has 0 heterocycles. The zero-order valence-corrected chi connectivity index (χ0v) is 11.6. The van der Waals surface area contributed by atoms with Crippen molar-refractivity contribution in [1.29, 1.82) is 0 Å². The average Bonchev–Trinajstić information content (AvgIpc) is 2.28. The van der Waals surface area contributed by atoms with Gasteiger partial charge in [-0.1, -0.05) is 23.8 Å². The summed E-state index contributed by atoms with van der Waals surface area (Å²) in [5.74, 6) is 0. The number of rotatable bonds is 6.